The zero-order chi connectivity index (χ0) is 20.0. The van der Waals surface area contributed by atoms with E-state index in [2.05, 4.69) is 0 Å². The average Bonchev–Trinajstić information content (AvgIpc) is 2.76. The molecule has 0 fully saturated rings. The first-order chi connectivity index (χ1) is 14.2. The fraction of sp³-hybridized carbons (Fsp3) is 0.0435. The van der Waals surface area contributed by atoms with Crippen LogP contribution >= 0.6 is 11.8 Å². The molecule has 0 spiro atoms. The van der Waals surface area contributed by atoms with Gasteiger partial charge in [0.1, 0.15) is 16.9 Å². The lowest BCUT2D eigenvalue weighted by molar-refractivity contribution is 0.0995. The van der Waals surface area contributed by atoms with Crippen LogP contribution in [0.3, 0.4) is 0 Å². The number of nitrogens with zero attached hydrogens (tertiary/aromatic N) is 1. The molecule has 29 heavy (non-hydrogen) atoms. The van der Waals surface area contributed by atoms with E-state index >= 15 is 0 Å². The van der Waals surface area contributed by atoms with Gasteiger partial charge in [-0.05, 0) is 48.5 Å². The van der Waals surface area contributed by atoms with E-state index in [1.165, 1.54) is 0 Å². The standard InChI is InChI=1S/C23H15NO4S/c1-27-15-10-11-19-14(12-15)13-16(23(26)28-19)22(25)24-17-6-2-4-8-20(17)29-21-9-5-3-7-18(21)24/h2-13H,1H3. The number of hydrogen-bond donors (Lipinski definition) is 0. The largest absolute Gasteiger partial charge is 0.497 e. The number of hydrogen-bond acceptors (Lipinski definition) is 5. The van der Waals surface area contributed by atoms with Crippen LogP contribution in [0.5, 0.6) is 5.75 Å². The predicted octanol–water partition coefficient (Wildman–Crippen LogP) is 5.24. The Morgan fingerprint density at radius 2 is 1.59 bits per heavy atom. The van der Waals surface area contributed by atoms with Crippen LogP contribution in [-0.2, 0) is 0 Å². The minimum Gasteiger partial charge on any atom is -0.497 e. The molecule has 0 atom stereocenters. The molecular weight excluding hydrogens is 386 g/mol. The highest BCUT2D eigenvalue weighted by atomic mass is 32.2. The number of para-hydroxylation sites is 2. The Hall–Kier alpha value is -3.51. The third kappa shape index (κ3) is 2.89. The van der Waals surface area contributed by atoms with E-state index in [-0.39, 0.29) is 5.56 Å². The van der Waals surface area contributed by atoms with E-state index in [0.29, 0.717) is 16.7 Å². The first kappa shape index (κ1) is 17.6. The van der Waals surface area contributed by atoms with Crippen LogP contribution < -0.4 is 15.3 Å². The lowest BCUT2D eigenvalue weighted by Gasteiger charge is -2.30. The van der Waals surface area contributed by atoms with Crippen molar-refractivity contribution >= 4 is 40.0 Å². The van der Waals surface area contributed by atoms with E-state index in [1.807, 2.05) is 48.5 Å². The Bertz CT molecular complexity index is 1280. The van der Waals surface area contributed by atoms with Gasteiger partial charge in [-0.25, -0.2) is 4.79 Å². The quantitative estimate of drug-likeness (QED) is 0.430. The van der Waals surface area contributed by atoms with Crippen LogP contribution in [0.4, 0.5) is 11.4 Å². The number of anilines is 2. The topological polar surface area (TPSA) is 59.8 Å². The molecule has 0 saturated heterocycles. The molecule has 4 aromatic rings. The molecule has 2 heterocycles. The number of amides is 1. The molecule has 0 radical (unpaired) electrons. The molecule has 0 unspecified atom stereocenters. The van der Waals surface area contributed by atoms with E-state index < -0.39 is 11.5 Å². The molecule has 1 aliphatic heterocycles. The average molecular weight is 401 g/mol. The Morgan fingerprint density at radius 1 is 0.931 bits per heavy atom. The summed E-state index contributed by atoms with van der Waals surface area (Å²) < 4.78 is 10.7. The molecule has 1 amide bonds. The summed E-state index contributed by atoms with van der Waals surface area (Å²) in [7, 11) is 1.56. The molecule has 142 valence electrons. The van der Waals surface area contributed by atoms with Crippen LogP contribution in [0.2, 0.25) is 0 Å². The number of carbonyl (C=O) groups excluding carboxylic acids is 1. The Morgan fingerprint density at radius 3 is 2.24 bits per heavy atom. The summed E-state index contributed by atoms with van der Waals surface area (Å²) in [5, 5.41) is 0.625. The number of fused-ring (bicyclic) bond motifs is 3. The highest BCUT2D eigenvalue weighted by molar-refractivity contribution is 7.99. The molecular formula is C23H15NO4S. The van der Waals surface area contributed by atoms with Crippen LogP contribution in [0.15, 0.2) is 91.8 Å². The Labute approximate surface area is 170 Å². The van der Waals surface area contributed by atoms with Crippen molar-refractivity contribution in [3.8, 4) is 5.75 Å². The molecule has 6 heteroatoms. The molecule has 0 aliphatic carbocycles. The fourth-order valence-electron chi connectivity index (χ4n) is 3.42. The fourth-order valence-corrected chi connectivity index (χ4v) is 4.48. The Balaban J connectivity index is 1.70. The van der Waals surface area contributed by atoms with Crippen LogP contribution in [0.1, 0.15) is 10.4 Å². The van der Waals surface area contributed by atoms with Crippen LogP contribution in [-0.4, -0.2) is 13.0 Å². The van der Waals surface area contributed by atoms with E-state index in [1.54, 1.807) is 48.0 Å². The monoisotopic (exact) mass is 401 g/mol. The van der Waals surface area contributed by atoms with Crippen molar-refractivity contribution in [2.75, 3.05) is 12.0 Å². The lowest BCUT2D eigenvalue weighted by atomic mass is 10.1. The smallest absolute Gasteiger partial charge is 0.349 e. The zero-order valence-corrected chi connectivity index (χ0v) is 16.2. The van der Waals surface area contributed by atoms with Gasteiger partial charge >= 0.3 is 5.63 Å². The van der Waals surface area contributed by atoms with Gasteiger partial charge in [0.2, 0.25) is 0 Å². The third-order valence-electron chi connectivity index (χ3n) is 4.81. The van der Waals surface area contributed by atoms with Gasteiger partial charge < -0.3 is 9.15 Å². The molecule has 1 aliphatic rings. The molecule has 0 bridgehead atoms. The normalized spacial score (nSPS) is 12.4. The molecule has 0 saturated carbocycles. The highest BCUT2D eigenvalue weighted by Crippen LogP contribution is 2.48. The first-order valence-corrected chi connectivity index (χ1v) is 9.79. The molecule has 5 rings (SSSR count). The summed E-state index contributed by atoms with van der Waals surface area (Å²) in [4.78, 5) is 29.7. The number of methoxy groups -OCH3 is 1. The minimum absolute atomic E-state index is 0.0257. The molecule has 1 aromatic heterocycles. The summed E-state index contributed by atoms with van der Waals surface area (Å²) in [6, 6.07) is 22.0. The maximum absolute atomic E-state index is 13.6. The number of benzene rings is 3. The zero-order valence-electron chi connectivity index (χ0n) is 15.4. The van der Waals surface area contributed by atoms with E-state index in [0.717, 1.165) is 21.2 Å². The van der Waals surface area contributed by atoms with E-state index in [9.17, 15) is 9.59 Å². The lowest BCUT2D eigenvalue weighted by Crippen LogP contribution is -2.32. The van der Waals surface area contributed by atoms with E-state index in [4.69, 9.17) is 9.15 Å². The van der Waals surface area contributed by atoms with Crippen molar-refractivity contribution in [1.82, 2.24) is 0 Å². The van der Waals surface area contributed by atoms with Crippen molar-refractivity contribution < 1.29 is 13.9 Å². The van der Waals surface area contributed by atoms with Gasteiger partial charge in [-0.3, -0.25) is 9.69 Å². The second-order valence-electron chi connectivity index (χ2n) is 6.53. The predicted molar refractivity (Wildman–Crippen MR) is 113 cm³/mol. The van der Waals surface area contributed by atoms with Crippen molar-refractivity contribution in [1.29, 1.82) is 0 Å². The second-order valence-corrected chi connectivity index (χ2v) is 7.61. The highest BCUT2D eigenvalue weighted by Gasteiger charge is 2.30. The second kappa shape index (κ2) is 6.83. The maximum atomic E-state index is 13.6. The van der Waals surface area contributed by atoms with Crippen molar-refractivity contribution in [3.63, 3.8) is 0 Å². The summed E-state index contributed by atoms with van der Waals surface area (Å²) >= 11 is 1.60. The van der Waals surface area contributed by atoms with Gasteiger partial charge in [-0.15, -0.1) is 0 Å². The third-order valence-corrected chi connectivity index (χ3v) is 5.94. The maximum Gasteiger partial charge on any atom is 0.349 e. The summed E-state index contributed by atoms with van der Waals surface area (Å²) in [5.74, 6) is 0.193. The molecule has 0 N–H and O–H groups in total. The number of rotatable bonds is 2. The van der Waals surface area contributed by atoms with Crippen molar-refractivity contribution in [2.24, 2.45) is 0 Å². The van der Waals surface area contributed by atoms with Crippen molar-refractivity contribution in [3.05, 3.63) is 88.8 Å². The number of carbonyl (C=O) groups is 1. The SMILES string of the molecule is COc1ccc2oc(=O)c(C(=O)N3c4ccccc4Sc4ccccc43)cc2c1. The first-order valence-electron chi connectivity index (χ1n) is 8.98. The van der Waals surface area contributed by atoms with Crippen molar-refractivity contribution in [2.45, 2.75) is 9.79 Å². The number of ether oxygens (including phenoxy) is 1. The van der Waals surface area contributed by atoms with Crippen LogP contribution in [0.25, 0.3) is 11.0 Å². The summed E-state index contributed by atoms with van der Waals surface area (Å²) in [6.45, 7) is 0. The summed E-state index contributed by atoms with van der Waals surface area (Å²) in [6.07, 6.45) is 0. The molecule has 3 aromatic carbocycles. The Kier molecular flexibility index (Phi) is 4.14. The van der Waals surface area contributed by atoms with Crippen LogP contribution in [0, 0.1) is 0 Å². The van der Waals surface area contributed by atoms with Gasteiger partial charge in [0.15, 0.2) is 0 Å². The van der Waals surface area contributed by atoms with Gasteiger partial charge in [0.25, 0.3) is 5.91 Å². The minimum atomic E-state index is -0.666. The van der Waals surface area contributed by atoms with Gasteiger partial charge in [-0.2, -0.15) is 0 Å². The molecule has 5 nitrogen and oxygen atoms in total. The van der Waals surface area contributed by atoms with Gasteiger partial charge in [0, 0.05) is 15.2 Å². The summed E-state index contributed by atoms with van der Waals surface area (Å²) in [5.41, 5.74) is 1.20. The van der Waals surface area contributed by atoms with Gasteiger partial charge in [0.05, 0.1) is 18.5 Å². The van der Waals surface area contributed by atoms with Gasteiger partial charge in [-0.1, -0.05) is 36.0 Å².